The lowest BCUT2D eigenvalue weighted by Gasteiger charge is -2.15. The summed E-state index contributed by atoms with van der Waals surface area (Å²) in [5, 5.41) is 6.85. The quantitative estimate of drug-likeness (QED) is 0.812. The first kappa shape index (κ1) is 14.9. The molecule has 0 amide bonds. The fourth-order valence-electron chi connectivity index (χ4n) is 2.07. The van der Waals surface area contributed by atoms with Crippen LogP contribution >= 0.6 is 12.2 Å². The van der Waals surface area contributed by atoms with E-state index in [0.29, 0.717) is 16.6 Å². The molecule has 1 aliphatic rings. The average molecular weight is 296 g/mol. The van der Waals surface area contributed by atoms with Crippen LogP contribution in [0.4, 0.5) is 5.69 Å². The zero-order chi connectivity index (χ0) is 14.4. The van der Waals surface area contributed by atoms with Gasteiger partial charge in [-0.05, 0) is 25.1 Å². The van der Waals surface area contributed by atoms with Crippen LogP contribution in [-0.2, 0) is 4.74 Å². The number of methoxy groups -OCH3 is 2. The van der Waals surface area contributed by atoms with E-state index < -0.39 is 0 Å². The summed E-state index contributed by atoms with van der Waals surface area (Å²) in [6.07, 6.45) is 2.47. The molecule has 5 nitrogen and oxygen atoms in total. The highest BCUT2D eigenvalue weighted by Gasteiger charge is 2.15. The van der Waals surface area contributed by atoms with E-state index in [1.165, 1.54) is 0 Å². The molecule has 0 bridgehead atoms. The van der Waals surface area contributed by atoms with E-state index in [2.05, 4.69) is 10.6 Å². The van der Waals surface area contributed by atoms with Gasteiger partial charge in [0.25, 0.3) is 0 Å². The third-order valence-corrected chi connectivity index (χ3v) is 3.37. The third-order valence-electron chi connectivity index (χ3n) is 3.12. The Morgan fingerprint density at radius 3 is 2.55 bits per heavy atom. The van der Waals surface area contributed by atoms with Crippen LogP contribution < -0.4 is 20.1 Å². The molecule has 6 heteroatoms. The third kappa shape index (κ3) is 4.25. The van der Waals surface area contributed by atoms with Crippen molar-refractivity contribution in [2.45, 2.75) is 18.9 Å². The van der Waals surface area contributed by atoms with Crippen LogP contribution in [0.15, 0.2) is 18.2 Å². The molecule has 110 valence electrons. The van der Waals surface area contributed by atoms with E-state index >= 15 is 0 Å². The fraction of sp³-hybridized carbons (Fsp3) is 0.500. The lowest BCUT2D eigenvalue weighted by molar-refractivity contribution is 0.114. The Kier molecular flexibility index (Phi) is 5.43. The summed E-state index contributed by atoms with van der Waals surface area (Å²) in [6.45, 7) is 1.58. The standard InChI is InChI=1S/C14H20N2O3S/c1-17-12-6-10(7-13(8-12)18-2)16-14(20)15-9-11-4-3-5-19-11/h6-8,11H,3-5,9H2,1-2H3,(H2,15,16,20). The minimum atomic E-state index is 0.259. The van der Waals surface area contributed by atoms with Crippen LogP contribution in [0.2, 0.25) is 0 Å². The van der Waals surface area contributed by atoms with E-state index in [4.69, 9.17) is 26.4 Å². The van der Waals surface area contributed by atoms with Crippen molar-refractivity contribution in [3.63, 3.8) is 0 Å². The van der Waals surface area contributed by atoms with Gasteiger partial charge in [0.2, 0.25) is 0 Å². The van der Waals surface area contributed by atoms with Gasteiger partial charge in [-0.3, -0.25) is 0 Å². The van der Waals surface area contributed by atoms with Crippen molar-refractivity contribution >= 4 is 23.0 Å². The van der Waals surface area contributed by atoms with Gasteiger partial charge in [0.15, 0.2) is 5.11 Å². The highest BCUT2D eigenvalue weighted by atomic mass is 32.1. The number of ether oxygens (including phenoxy) is 3. The second kappa shape index (κ2) is 7.31. The molecule has 0 saturated carbocycles. The minimum Gasteiger partial charge on any atom is -0.497 e. The Bertz CT molecular complexity index is 439. The van der Waals surface area contributed by atoms with Crippen molar-refractivity contribution < 1.29 is 14.2 Å². The maximum atomic E-state index is 5.54. The van der Waals surface area contributed by atoms with Crippen molar-refractivity contribution in [1.82, 2.24) is 5.32 Å². The maximum Gasteiger partial charge on any atom is 0.170 e. The molecule has 2 N–H and O–H groups in total. The predicted molar refractivity (Wildman–Crippen MR) is 82.7 cm³/mol. The Hall–Kier alpha value is -1.53. The smallest absolute Gasteiger partial charge is 0.170 e. The van der Waals surface area contributed by atoms with Crippen LogP contribution in [0.5, 0.6) is 11.5 Å². The number of hydrogen-bond acceptors (Lipinski definition) is 4. The van der Waals surface area contributed by atoms with Gasteiger partial charge in [-0.2, -0.15) is 0 Å². The van der Waals surface area contributed by atoms with Crippen molar-refractivity contribution in [3.8, 4) is 11.5 Å². The van der Waals surface area contributed by atoms with E-state index in [-0.39, 0.29) is 6.10 Å². The zero-order valence-electron chi connectivity index (χ0n) is 11.8. The van der Waals surface area contributed by atoms with Gasteiger partial charge in [-0.15, -0.1) is 0 Å². The van der Waals surface area contributed by atoms with Crippen molar-refractivity contribution in [3.05, 3.63) is 18.2 Å². The average Bonchev–Trinajstić information content (AvgIpc) is 2.98. The largest absolute Gasteiger partial charge is 0.497 e. The van der Waals surface area contributed by atoms with E-state index in [9.17, 15) is 0 Å². The summed E-state index contributed by atoms with van der Waals surface area (Å²) in [5.41, 5.74) is 0.825. The summed E-state index contributed by atoms with van der Waals surface area (Å²) in [4.78, 5) is 0. The number of hydrogen-bond donors (Lipinski definition) is 2. The van der Waals surface area contributed by atoms with E-state index in [1.54, 1.807) is 14.2 Å². The minimum absolute atomic E-state index is 0.259. The summed E-state index contributed by atoms with van der Waals surface area (Å²) in [5.74, 6) is 1.43. The fourth-order valence-corrected chi connectivity index (χ4v) is 2.27. The van der Waals surface area contributed by atoms with Crippen LogP contribution in [0.3, 0.4) is 0 Å². The monoisotopic (exact) mass is 296 g/mol. The Labute approximate surface area is 124 Å². The topological polar surface area (TPSA) is 51.8 Å². The van der Waals surface area contributed by atoms with Crippen LogP contribution in [0.1, 0.15) is 12.8 Å². The van der Waals surface area contributed by atoms with Gasteiger partial charge in [0.1, 0.15) is 11.5 Å². The van der Waals surface area contributed by atoms with Crippen molar-refractivity contribution in [1.29, 1.82) is 0 Å². The van der Waals surface area contributed by atoms with Crippen LogP contribution in [0, 0.1) is 0 Å². The number of thiocarbonyl (C=S) groups is 1. The van der Waals surface area contributed by atoms with Gasteiger partial charge in [0.05, 0.1) is 20.3 Å². The molecule has 1 aromatic carbocycles. The zero-order valence-corrected chi connectivity index (χ0v) is 12.6. The molecule has 0 spiro atoms. The molecule has 0 aromatic heterocycles. The maximum absolute atomic E-state index is 5.54. The molecule has 1 aliphatic heterocycles. The van der Waals surface area contributed by atoms with Crippen molar-refractivity contribution in [2.24, 2.45) is 0 Å². The van der Waals surface area contributed by atoms with Gasteiger partial charge >= 0.3 is 0 Å². The Morgan fingerprint density at radius 2 is 2.00 bits per heavy atom. The molecule has 1 aromatic rings. The molecule has 1 atom stereocenters. The lowest BCUT2D eigenvalue weighted by atomic mass is 10.2. The molecule has 2 rings (SSSR count). The molecule has 0 radical (unpaired) electrons. The molecule has 0 aliphatic carbocycles. The first-order valence-corrected chi connectivity index (χ1v) is 7.01. The Balaban J connectivity index is 1.89. The normalized spacial score (nSPS) is 17.6. The summed E-state index contributed by atoms with van der Waals surface area (Å²) >= 11 is 5.27. The van der Waals surface area contributed by atoms with Gasteiger partial charge < -0.3 is 24.8 Å². The number of anilines is 1. The molecule has 20 heavy (non-hydrogen) atoms. The van der Waals surface area contributed by atoms with Gasteiger partial charge in [0, 0.05) is 37.0 Å². The number of nitrogens with one attached hydrogen (secondary N) is 2. The van der Waals surface area contributed by atoms with Crippen LogP contribution in [-0.4, -0.2) is 38.6 Å². The number of rotatable bonds is 5. The molecular formula is C14H20N2O3S. The number of benzene rings is 1. The van der Waals surface area contributed by atoms with E-state index in [1.807, 2.05) is 18.2 Å². The molecule has 1 saturated heterocycles. The highest BCUT2D eigenvalue weighted by Crippen LogP contribution is 2.25. The highest BCUT2D eigenvalue weighted by molar-refractivity contribution is 7.80. The van der Waals surface area contributed by atoms with Gasteiger partial charge in [-0.25, -0.2) is 0 Å². The summed E-state index contributed by atoms with van der Waals surface area (Å²) < 4.78 is 16.0. The molecular weight excluding hydrogens is 276 g/mol. The Morgan fingerprint density at radius 1 is 1.30 bits per heavy atom. The second-order valence-corrected chi connectivity index (χ2v) is 4.98. The van der Waals surface area contributed by atoms with E-state index in [0.717, 1.165) is 31.7 Å². The second-order valence-electron chi connectivity index (χ2n) is 4.57. The van der Waals surface area contributed by atoms with Gasteiger partial charge in [-0.1, -0.05) is 0 Å². The molecule has 1 unspecified atom stereocenters. The molecule has 1 heterocycles. The van der Waals surface area contributed by atoms with Crippen LogP contribution in [0.25, 0.3) is 0 Å². The molecule has 1 fully saturated rings. The first-order chi connectivity index (χ1) is 9.71. The summed E-state index contributed by atoms with van der Waals surface area (Å²) in [7, 11) is 3.24. The lowest BCUT2D eigenvalue weighted by Crippen LogP contribution is -2.34. The van der Waals surface area contributed by atoms with Crippen molar-refractivity contribution in [2.75, 3.05) is 32.7 Å². The summed E-state index contributed by atoms with van der Waals surface area (Å²) in [6, 6.07) is 5.54. The SMILES string of the molecule is COc1cc(NC(=S)NCC2CCCO2)cc(OC)c1. The predicted octanol–water partition coefficient (Wildman–Crippen LogP) is 2.17. The first-order valence-electron chi connectivity index (χ1n) is 6.61.